The minimum atomic E-state index is -0.218. The van der Waals surface area contributed by atoms with Crippen LogP contribution in [0.2, 0.25) is 0 Å². The van der Waals surface area contributed by atoms with Crippen LogP contribution in [0.3, 0.4) is 0 Å². The zero-order valence-corrected chi connectivity index (χ0v) is 15.0. The molecule has 26 heavy (non-hydrogen) atoms. The van der Waals surface area contributed by atoms with E-state index in [1.54, 1.807) is 18.3 Å². The van der Waals surface area contributed by atoms with Gasteiger partial charge in [-0.15, -0.1) is 0 Å². The Kier molecular flexibility index (Phi) is 6.49. The van der Waals surface area contributed by atoms with Gasteiger partial charge in [0.25, 0.3) is 5.91 Å². The number of ether oxygens (including phenoxy) is 3. The van der Waals surface area contributed by atoms with Crippen molar-refractivity contribution in [3.05, 3.63) is 36.7 Å². The van der Waals surface area contributed by atoms with Crippen LogP contribution < -0.4 is 14.8 Å². The summed E-state index contributed by atoms with van der Waals surface area (Å²) >= 11 is 0. The SMILES string of the molecule is CCOc1ccc(OCC(=O)Nc2cnn(CC3CCOCC3)c2)cc1. The summed E-state index contributed by atoms with van der Waals surface area (Å²) in [6, 6.07) is 7.20. The maximum atomic E-state index is 12.0. The van der Waals surface area contributed by atoms with E-state index in [1.807, 2.05) is 29.9 Å². The number of anilines is 1. The summed E-state index contributed by atoms with van der Waals surface area (Å²) in [7, 11) is 0. The average Bonchev–Trinajstić information content (AvgIpc) is 3.09. The standard InChI is InChI=1S/C19H25N3O4/c1-2-25-17-3-5-18(6-4-17)26-14-19(23)21-16-11-20-22(13-16)12-15-7-9-24-10-8-15/h3-6,11,13,15H,2,7-10,12,14H2,1H3,(H,21,23). The zero-order chi connectivity index (χ0) is 18.2. The van der Waals surface area contributed by atoms with Gasteiger partial charge in [0.15, 0.2) is 6.61 Å². The molecule has 1 aliphatic rings. The molecule has 7 heteroatoms. The summed E-state index contributed by atoms with van der Waals surface area (Å²) < 4.78 is 18.1. The number of hydrogen-bond acceptors (Lipinski definition) is 5. The Morgan fingerprint density at radius 1 is 1.23 bits per heavy atom. The van der Waals surface area contributed by atoms with E-state index in [0.29, 0.717) is 24.0 Å². The lowest BCUT2D eigenvalue weighted by molar-refractivity contribution is -0.118. The molecule has 1 aromatic heterocycles. The second-order valence-electron chi connectivity index (χ2n) is 6.25. The second kappa shape index (κ2) is 9.24. The highest BCUT2D eigenvalue weighted by atomic mass is 16.5. The van der Waals surface area contributed by atoms with Crippen molar-refractivity contribution < 1.29 is 19.0 Å². The summed E-state index contributed by atoms with van der Waals surface area (Å²) in [5.41, 5.74) is 0.678. The molecular formula is C19H25N3O4. The van der Waals surface area contributed by atoms with Crippen LogP contribution in [-0.4, -0.2) is 42.1 Å². The van der Waals surface area contributed by atoms with E-state index in [-0.39, 0.29) is 12.5 Å². The summed E-state index contributed by atoms with van der Waals surface area (Å²) in [5.74, 6) is 1.76. The molecule has 0 bridgehead atoms. The fraction of sp³-hybridized carbons (Fsp3) is 0.474. The van der Waals surface area contributed by atoms with Crippen LogP contribution in [0.5, 0.6) is 11.5 Å². The average molecular weight is 359 g/mol. The first-order valence-corrected chi connectivity index (χ1v) is 8.98. The summed E-state index contributed by atoms with van der Waals surface area (Å²) in [6.07, 6.45) is 5.62. The van der Waals surface area contributed by atoms with Crippen LogP contribution in [0.15, 0.2) is 36.7 Å². The predicted octanol–water partition coefficient (Wildman–Crippen LogP) is 2.73. The van der Waals surface area contributed by atoms with Crippen LogP contribution in [-0.2, 0) is 16.1 Å². The number of carbonyl (C=O) groups is 1. The molecule has 1 amide bonds. The summed E-state index contributed by atoms with van der Waals surface area (Å²) in [6.45, 7) is 4.98. The normalized spacial score (nSPS) is 14.8. The first kappa shape index (κ1) is 18.3. The Hall–Kier alpha value is -2.54. The van der Waals surface area contributed by atoms with Crippen molar-refractivity contribution >= 4 is 11.6 Å². The van der Waals surface area contributed by atoms with Crippen LogP contribution in [0.4, 0.5) is 5.69 Å². The lowest BCUT2D eigenvalue weighted by atomic mass is 10.0. The summed E-state index contributed by atoms with van der Waals surface area (Å²) in [5, 5.41) is 7.12. The van der Waals surface area contributed by atoms with E-state index in [1.165, 1.54) is 0 Å². The molecule has 2 heterocycles. The molecule has 0 aliphatic carbocycles. The third-order valence-corrected chi connectivity index (χ3v) is 4.21. The fourth-order valence-corrected chi connectivity index (χ4v) is 2.87. The van der Waals surface area contributed by atoms with Gasteiger partial charge in [0.2, 0.25) is 0 Å². The molecule has 0 saturated carbocycles. The maximum absolute atomic E-state index is 12.0. The monoisotopic (exact) mass is 359 g/mol. The third-order valence-electron chi connectivity index (χ3n) is 4.21. The van der Waals surface area contributed by atoms with E-state index in [4.69, 9.17) is 14.2 Å². The Bertz CT molecular complexity index is 693. The van der Waals surface area contributed by atoms with Crippen LogP contribution >= 0.6 is 0 Å². The van der Waals surface area contributed by atoms with Crippen molar-refractivity contribution in [2.24, 2.45) is 5.92 Å². The zero-order valence-electron chi connectivity index (χ0n) is 15.0. The lowest BCUT2D eigenvalue weighted by Crippen LogP contribution is -2.21. The molecule has 0 radical (unpaired) electrons. The minimum absolute atomic E-state index is 0.0564. The number of rotatable bonds is 8. The van der Waals surface area contributed by atoms with E-state index in [9.17, 15) is 4.79 Å². The summed E-state index contributed by atoms with van der Waals surface area (Å²) in [4.78, 5) is 12.0. The Morgan fingerprint density at radius 2 is 1.92 bits per heavy atom. The number of aromatic nitrogens is 2. The van der Waals surface area contributed by atoms with Gasteiger partial charge < -0.3 is 19.5 Å². The largest absolute Gasteiger partial charge is 0.494 e. The molecule has 1 fully saturated rings. The number of nitrogens with one attached hydrogen (secondary N) is 1. The maximum Gasteiger partial charge on any atom is 0.262 e. The van der Waals surface area contributed by atoms with Crippen LogP contribution in [0.25, 0.3) is 0 Å². The molecule has 7 nitrogen and oxygen atoms in total. The van der Waals surface area contributed by atoms with E-state index >= 15 is 0 Å². The van der Waals surface area contributed by atoms with Gasteiger partial charge in [-0.05, 0) is 49.9 Å². The fourth-order valence-electron chi connectivity index (χ4n) is 2.87. The topological polar surface area (TPSA) is 74.6 Å². The van der Waals surface area contributed by atoms with Crippen molar-refractivity contribution in [3.8, 4) is 11.5 Å². The van der Waals surface area contributed by atoms with Crippen molar-refractivity contribution in [1.29, 1.82) is 0 Å². The first-order chi connectivity index (χ1) is 12.7. The van der Waals surface area contributed by atoms with Crippen molar-refractivity contribution in [2.75, 3.05) is 31.7 Å². The van der Waals surface area contributed by atoms with Gasteiger partial charge in [-0.25, -0.2) is 0 Å². The lowest BCUT2D eigenvalue weighted by Gasteiger charge is -2.21. The smallest absolute Gasteiger partial charge is 0.262 e. The first-order valence-electron chi connectivity index (χ1n) is 8.98. The molecule has 3 rings (SSSR count). The Labute approximate surface area is 153 Å². The third kappa shape index (κ3) is 5.49. The van der Waals surface area contributed by atoms with Crippen molar-refractivity contribution in [3.63, 3.8) is 0 Å². The number of hydrogen-bond donors (Lipinski definition) is 1. The molecule has 1 aliphatic heterocycles. The molecule has 1 N–H and O–H groups in total. The molecule has 1 aromatic carbocycles. The predicted molar refractivity (Wildman–Crippen MR) is 97.5 cm³/mol. The highest BCUT2D eigenvalue weighted by molar-refractivity contribution is 5.91. The van der Waals surface area contributed by atoms with Crippen LogP contribution in [0, 0.1) is 5.92 Å². The Morgan fingerprint density at radius 3 is 2.62 bits per heavy atom. The Balaban J connectivity index is 1.43. The minimum Gasteiger partial charge on any atom is -0.494 e. The van der Waals surface area contributed by atoms with Gasteiger partial charge in [0.1, 0.15) is 11.5 Å². The number of amides is 1. The van der Waals surface area contributed by atoms with E-state index in [2.05, 4.69) is 10.4 Å². The highest BCUT2D eigenvalue weighted by Gasteiger charge is 2.15. The van der Waals surface area contributed by atoms with Gasteiger partial charge in [0, 0.05) is 26.0 Å². The van der Waals surface area contributed by atoms with E-state index < -0.39 is 0 Å². The molecule has 0 atom stereocenters. The molecular weight excluding hydrogens is 334 g/mol. The van der Waals surface area contributed by atoms with Gasteiger partial charge in [-0.1, -0.05) is 0 Å². The molecule has 140 valence electrons. The van der Waals surface area contributed by atoms with E-state index in [0.717, 1.165) is 38.3 Å². The number of nitrogens with zero attached hydrogens (tertiary/aromatic N) is 2. The number of benzene rings is 1. The van der Waals surface area contributed by atoms with Gasteiger partial charge in [0.05, 0.1) is 18.5 Å². The molecule has 0 unspecified atom stereocenters. The van der Waals surface area contributed by atoms with Gasteiger partial charge in [-0.3, -0.25) is 9.48 Å². The van der Waals surface area contributed by atoms with Gasteiger partial charge in [-0.2, -0.15) is 5.10 Å². The molecule has 0 spiro atoms. The highest BCUT2D eigenvalue weighted by Crippen LogP contribution is 2.18. The van der Waals surface area contributed by atoms with Crippen molar-refractivity contribution in [2.45, 2.75) is 26.3 Å². The second-order valence-corrected chi connectivity index (χ2v) is 6.25. The number of carbonyl (C=O) groups excluding carboxylic acids is 1. The van der Waals surface area contributed by atoms with Crippen LogP contribution in [0.1, 0.15) is 19.8 Å². The molecule has 1 saturated heterocycles. The molecule has 2 aromatic rings. The van der Waals surface area contributed by atoms with Crippen molar-refractivity contribution in [1.82, 2.24) is 9.78 Å². The van der Waals surface area contributed by atoms with Gasteiger partial charge >= 0.3 is 0 Å². The quantitative estimate of drug-likeness (QED) is 0.784.